The Labute approximate surface area is 174 Å². The molecule has 1 saturated carbocycles. The molecule has 0 amide bonds. The zero-order valence-corrected chi connectivity index (χ0v) is 18.0. The maximum absolute atomic E-state index is 6.66. The van der Waals surface area contributed by atoms with Crippen molar-refractivity contribution in [1.29, 1.82) is 0 Å². The number of ether oxygens (including phenoxy) is 1. The Kier molecular flexibility index (Phi) is 4.38. The van der Waals surface area contributed by atoms with Crippen LogP contribution in [0.1, 0.15) is 43.5 Å². The maximum Gasteiger partial charge on any atom is 0.109 e. The summed E-state index contributed by atoms with van der Waals surface area (Å²) in [6.45, 7) is 5.66. The zero-order chi connectivity index (χ0) is 20.2. The van der Waals surface area contributed by atoms with E-state index in [1.807, 2.05) is 0 Å². The van der Waals surface area contributed by atoms with Crippen LogP contribution in [0.25, 0.3) is 10.9 Å². The number of fused-ring (bicyclic) bond motifs is 4. The van der Waals surface area contributed by atoms with Crippen molar-refractivity contribution < 1.29 is 4.74 Å². The van der Waals surface area contributed by atoms with Gasteiger partial charge in [-0.1, -0.05) is 62.4 Å². The molecule has 2 aliphatic rings. The molecule has 2 unspecified atom stereocenters. The number of rotatable bonds is 2. The minimum absolute atomic E-state index is 0.0134. The molecule has 3 nitrogen and oxygen atoms in total. The smallest absolute Gasteiger partial charge is 0.109 e. The van der Waals surface area contributed by atoms with E-state index >= 15 is 0 Å². The highest BCUT2D eigenvalue weighted by atomic mass is 16.5. The molecule has 1 N–H and O–H groups in total. The van der Waals surface area contributed by atoms with Gasteiger partial charge in [-0.25, -0.2) is 0 Å². The molecule has 152 valence electrons. The van der Waals surface area contributed by atoms with E-state index in [1.165, 1.54) is 27.7 Å². The van der Waals surface area contributed by atoms with Crippen LogP contribution in [0.4, 0.5) is 0 Å². The van der Waals surface area contributed by atoms with Crippen molar-refractivity contribution in [2.45, 2.75) is 44.2 Å². The molecule has 2 aromatic carbocycles. The van der Waals surface area contributed by atoms with Crippen LogP contribution in [0, 0.1) is 11.8 Å². The van der Waals surface area contributed by atoms with Crippen molar-refractivity contribution in [2.24, 2.45) is 11.8 Å². The third kappa shape index (κ3) is 2.57. The minimum Gasteiger partial charge on any atom is -0.368 e. The van der Waals surface area contributed by atoms with Crippen LogP contribution in [0.15, 0.2) is 54.6 Å². The number of nitrogens with one attached hydrogen (secondary N) is 1. The van der Waals surface area contributed by atoms with Gasteiger partial charge in [0, 0.05) is 10.9 Å². The molecule has 3 aromatic rings. The summed E-state index contributed by atoms with van der Waals surface area (Å²) in [7, 11) is 4.49. The minimum atomic E-state index is -0.209. The van der Waals surface area contributed by atoms with Gasteiger partial charge in [-0.3, -0.25) is 4.90 Å². The lowest BCUT2D eigenvalue weighted by Crippen LogP contribution is -2.59. The molecule has 5 rings (SSSR count). The largest absolute Gasteiger partial charge is 0.368 e. The molecule has 2 atom stereocenters. The number of aromatic amines is 1. The second-order valence-corrected chi connectivity index (χ2v) is 9.41. The number of H-pyrrole nitrogens is 1. The molecule has 1 aliphatic carbocycles. The molecule has 2 heterocycles. The van der Waals surface area contributed by atoms with E-state index in [9.17, 15) is 0 Å². The Balaban J connectivity index is 1.63. The van der Waals surface area contributed by atoms with Gasteiger partial charge in [-0.05, 0) is 62.4 Å². The van der Waals surface area contributed by atoms with Crippen molar-refractivity contribution in [3.8, 4) is 0 Å². The molecule has 0 saturated heterocycles. The van der Waals surface area contributed by atoms with Gasteiger partial charge < -0.3 is 9.72 Å². The van der Waals surface area contributed by atoms with Crippen LogP contribution in [-0.4, -0.2) is 30.6 Å². The summed E-state index contributed by atoms with van der Waals surface area (Å²) < 4.78 is 6.66. The topological polar surface area (TPSA) is 28.3 Å². The molecule has 3 heteroatoms. The normalized spacial score (nSPS) is 32.0. The van der Waals surface area contributed by atoms with Crippen molar-refractivity contribution in [2.75, 3.05) is 20.7 Å². The Bertz CT molecular complexity index is 1010. The highest BCUT2D eigenvalue weighted by Gasteiger charge is 2.56. The third-order valence-corrected chi connectivity index (χ3v) is 7.75. The summed E-state index contributed by atoms with van der Waals surface area (Å²) in [4.78, 5) is 6.23. The highest BCUT2D eigenvalue weighted by Crippen LogP contribution is 2.57. The van der Waals surface area contributed by atoms with E-state index in [-0.39, 0.29) is 11.1 Å². The lowest BCUT2D eigenvalue weighted by Gasteiger charge is -2.58. The van der Waals surface area contributed by atoms with E-state index in [0.29, 0.717) is 11.8 Å². The number of aromatic nitrogens is 1. The van der Waals surface area contributed by atoms with Gasteiger partial charge in [0.2, 0.25) is 0 Å². The summed E-state index contributed by atoms with van der Waals surface area (Å²) in [6.07, 6.45) is 3.07. The first-order valence-corrected chi connectivity index (χ1v) is 11.0. The number of hydrogen-bond donors (Lipinski definition) is 1. The molecule has 1 fully saturated rings. The molecular formula is C26H32N2O. The summed E-state index contributed by atoms with van der Waals surface area (Å²) in [5.41, 5.74) is 5.29. The van der Waals surface area contributed by atoms with Crippen molar-refractivity contribution in [3.05, 3.63) is 71.4 Å². The van der Waals surface area contributed by atoms with Gasteiger partial charge in [-0.2, -0.15) is 0 Å². The van der Waals surface area contributed by atoms with Gasteiger partial charge in [0.05, 0.1) is 17.8 Å². The Hall–Kier alpha value is -2.10. The maximum atomic E-state index is 6.66. The Morgan fingerprint density at radius 3 is 2.28 bits per heavy atom. The van der Waals surface area contributed by atoms with E-state index < -0.39 is 0 Å². The fourth-order valence-electron chi connectivity index (χ4n) is 6.87. The van der Waals surface area contributed by atoms with Crippen molar-refractivity contribution >= 4 is 10.9 Å². The zero-order valence-electron chi connectivity index (χ0n) is 18.0. The van der Waals surface area contributed by atoms with Crippen LogP contribution in [0.5, 0.6) is 0 Å². The molecule has 29 heavy (non-hydrogen) atoms. The standard InChI is InChI=1S/C26H32N2O/c1-18-16-25(17-19(2)26(18,28(3)4)20-10-6-5-7-11-20)24-22(14-15-29-25)21-12-8-9-13-23(21)27-24/h5-13,18-19,27H,14-17H2,1-4H3. The van der Waals surface area contributed by atoms with E-state index in [1.54, 1.807) is 0 Å². The third-order valence-electron chi connectivity index (χ3n) is 7.75. The first kappa shape index (κ1) is 18.9. The average Bonchev–Trinajstić information content (AvgIpc) is 3.09. The van der Waals surface area contributed by atoms with Crippen LogP contribution >= 0.6 is 0 Å². The molecule has 1 spiro atoms. The lowest BCUT2D eigenvalue weighted by atomic mass is 9.57. The van der Waals surface area contributed by atoms with Gasteiger partial charge in [0.15, 0.2) is 0 Å². The molecule has 0 radical (unpaired) electrons. The second kappa shape index (κ2) is 6.72. The van der Waals surface area contributed by atoms with Crippen LogP contribution < -0.4 is 0 Å². The van der Waals surface area contributed by atoms with Gasteiger partial charge in [0.25, 0.3) is 0 Å². The molecule has 1 aliphatic heterocycles. The lowest BCUT2D eigenvalue weighted by molar-refractivity contribution is -0.156. The highest BCUT2D eigenvalue weighted by molar-refractivity contribution is 5.85. The number of nitrogens with zero attached hydrogens (tertiary/aromatic N) is 1. The number of benzene rings is 2. The monoisotopic (exact) mass is 388 g/mol. The van der Waals surface area contributed by atoms with E-state index in [0.717, 1.165) is 25.9 Å². The summed E-state index contributed by atoms with van der Waals surface area (Å²) in [5.74, 6) is 0.919. The van der Waals surface area contributed by atoms with Crippen LogP contribution in [0.3, 0.4) is 0 Å². The molecular weight excluding hydrogens is 356 g/mol. The summed E-state index contributed by atoms with van der Waals surface area (Å²) in [6, 6.07) is 19.8. The van der Waals surface area contributed by atoms with E-state index in [2.05, 4.69) is 92.4 Å². The van der Waals surface area contributed by atoms with Gasteiger partial charge in [-0.15, -0.1) is 0 Å². The first-order chi connectivity index (χ1) is 14.0. The van der Waals surface area contributed by atoms with Gasteiger partial charge >= 0.3 is 0 Å². The van der Waals surface area contributed by atoms with Crippen molar-refractivity contribution in [1.82, 2.24) is 9.88 Å². The number of hydrogen-bond acceptors (Lipinski definition) is 2. The first-order valence-electron chi connectivity index (χ1n) is 11.0. The summed E-state index contributed by atoms with van der Waals surface area (Å²) >= 11 is 0. The Morgan fingerprint density at radius 2 is 1.59 bits per heavy atom. The predicted octanol–water partition coefficient (Wildman–Crippen LogP) is 5.46. The fraction of sp³-hybridized carbons (Fsp3) is 0.462. The SMILES string of the molecule is CC1CC2(CC(C)C1(c1ccccc1)N(C)C)OCCc1c2[nH]c2ccccc12. The quantitative estimate of drug-likeness (QED) is 0.631. The predicted molar refractivity (Wildman–Crippen MR) is 119 cm³/mol. The molecule has 1 aromatic heterocycles. The second-order valence-electron chi connectivity index (χ2n) is 9.41. The average molecular weight is 389 g/mol. The van der Waals surface area contributed by atoms with E-state index in [4.69, 9.17) is 4.74 Å². The molecule has 0 bridgehead atoms. The Morgan fingerprint density at radius 1 is 0.931 bits per heavy atom. The number of para-hydroxylation sites is 1. The van der Waals surface area contributed by atoms with Gasteiger partial charge in [0.1, 0.15) is 5.60 Å². The van der Waals surface area contributed by atoms with Crippen LogP contribution in [0.2, 0.25) is 0 Å². The van der Waals surface area contributed by atoms with Crippen molar-refractivity contribution in [3.63, 3.8) is 0 Å². The fourth-order valence-corrected chi connectivity index (χ4v) is 6.87. The van der Waals surface area contributed by atoms with Crippen LogP contribution in [-0.2, 0) is 22.3 Å². The summed E-state index contributed by atoms with van der Waals surface area (Å²) in [5, 5.41) is 1.37.